The van der Waals surface area contributed by atoms with Gasteiger partial charge in [-0.1, -0.05) is 45.0 Å². The molecule has 144 valence electrons. The summed E-state index contributed by atoms with van der Waals surface area (Å²) < 4.78 is 0. The van der Waals surface area contributed by atoms with Gasteiger partial charge in [0.1, 0.15) is 0 Å². The Balaban J connectivity index is 1.91. The fourth-order valence-corrected chi connectivity index (χ4v) is 3.53. The second-order valence-electron chi connectivity index (χ2n) is 7.22. The van der Waals surface area contributed by atoms with Gasteiger partial charge < -0.3 is 15.3 Å². The highest BCUT2D eigenvalue weighted by Gasteiger charge is 2.31. The number of carboxylic acid groups (broad SMARTS) is 1. The number of carbonyl (C=O) groups is 2. The lowest BCUT2D eigenvalue weighted by Gasteiger charge is -2.34. The molecule has 2 atom stereocenters. The molecule has 0 radical (unpaired) electrons. The second-order valence-corrected chi connectivity index (χ2v) is 7.22. The van der Waals surface area contributed by atoms with Crippen LogP contribution >= 0.6 is 0 Å². The first-order valence-corrected chi connectivity index (χ1v) is 9.48. The minimum Gasteiger partial charge on any atom is -0.481 e. The summed E-state index contributed by atoms with van der Waals surface area (Å²) in [6.07, 6.45) is 0.631. The fraction of sp³-hybridized carbons (Fsp3) is 0.600. The number of amides is 2. The zero-order valence-electron chi connectivity index (χ0n) is 16.1. The van der Waals surface area contributed by atoms with E-state index in [0.29, 0.717) is 19.5 Å². The molecule has 2 amide bonds. The largest absolute Gasteiger partial charge is 0.481 e. The summed E-state index contributed by atoms with van der Waals surface area (Å²) >= 11 is 0. The lowest BCUT2D eigenvalue weighted by atomic mass is 9.91. The van der Waals surface area contributed by atoms with Gasteiger partial charge in [0.25, 0.3) is 0 Å². The van der Waals surface area contributed by atoms with Gasteiger partial charge in [-0.25, -0.2) is 4.79 Å². The number of likely N-dealkylation sites (tertiary alicyclic amines) is 1. The van der Waals surface area contributed by atoms with Gasteiger partial charge in [-0.3, -0.25) is 9.69 Å². The first-order valence-electron chi connectivity index (χ1n) is 9.48. The van der Waals surface area contributed by atoms with Crippen LogP contribution in [-0.2, 0) is 17.9 Å². The van der Waals surface area contributed by atoms with Gasteiger partial charge in [0.2, 0.25) is 0 Å². The van der Waals surface area contributed by atoms with E-state index in [4.69, 9.17) is 0 Å². The lowest BCUT2D eigenvalue weighted by Crippen LogP contribution is -2.49. The zero-order valence-corrected chi connectivity index (χ0v) is 16.1. The van der Waals surface area contributed by atoms with Gasteiger partial charge in [0, 0.05) is 26.2 Å². The van der Waals surface area contributed by atoms with E-state index >= 15 is 0 Å². The highest BCUT2D eigenvalue weighted by atomic mass is 16.4. The number of benzene rings is 1. The normalized spacial score (nSPS) is 20.2. The average molecular weight is 361 g/mol. The van der Waals surface area contributed by atoms with Crippen LogP contribution in [0.4, 0.5) is 4.79 Å². The number of piperidine rings is 1. The molecule has 0 spiro atoms. The van der Waals surface area contributed by atoms with Crippen LogP contribution in [0.1, 0.15) is 38.3 Å². The lowest BCUT2D eigenvalue weighted by molar-refractivity contribution is -0.143. The molecule has 0 aliphatic carbocycles. The molecule has 1 saturated heterocycles. The first kappa shape index (κ1) is 20.2. The third-order valence-electron chi connectivity index (χ3n) is 5.03. The van der Waals surface area contributed by atoms with Crippen LogP contribution in [0.3, 0.4) is 0 Å². The Morgan fingerprint density at radius 1 is 1.23 bits per heavy atom. The van der Waals surface area contributed by atoms with E-state index < -0.39 is 11.9 Å². The quantitative estimate of drug-likeness (QED) is 0.783. The number of rotatable bonds is 7. The monoisotopic (exact) mass is 361 g/mol. The molecule has 2 unspecified atom stereocenters. The van der Waals surface area contributed by atoms with Crippen molar-refractivity contribution in [2.75, 3.05) is 26.2 Å². The van der Waals surface area contributed by atoms with Crippen molar-refractivity contribution >= 4 is 12.0 Å². The van der Waals surface area contributed by atoms with Crippen molar-refractivity contribution in [3.05, 3.63) is 35.4 Å². The zero-order chi connectivity index (χ0) is 19.1. The molecule has 1 aromatic carbocycles. The van der Waals surface area contributed by atoms with E-state index in [-0.39, 0.29) is 18.5 Å². The van der Waals surface area contributed by atoms with E-state index in [9.17, 15) is 14.7 Å². The van der Waals surface area contributed by atoms with Crippen molar-refractivity contribution in [3.63, 3.8) is 0 Å². The van der Waals surface area contributed by atoms with Gasteiger partial charge in [-0.2, -0.15) is 0 Å². The molecule has 1 fully saturated rings. The van der Waals surface area contributed by atoms with Gasteiger partial charge in [-0.15, -0.1) is 0 Å². The smallest absolute Gasteiger partial charge is 0.317 e. The van der Waals surface area contributed by atoms with Gasteiger partial charge in [0.05, 0.1) is 5.92 Å². The van der Waals surface area contributed by atoms with E-state index in [0.717, 1.165) is 25.2 Å². The summed E-state index contributed by atoms with van der Waals surface area (Å²) in [6.45, 7) is 10.6. The van der Waals surface area contributed by atoms with E-state index in [1.807, 2.05) is 19.1 Å². The molecule has 6 nitrogen and oxygen atoms in total. The first-order chi connectivity index (χ1) is 12.4. The predicted molar refractivity (Wildman–Crippen MR) is 102 cm³/mol. The van der Waals surface area contributed by atoms with E-state index in [2.05, 4.69) is 36.2 Å². The molecule has 0 saturated carbocycles. The summed E-state index contributed by atoms with van der Waals surface area (Å²) in [6, 6.07) is 8.07. The maximum Gasteiger partial charge on any atom is 0.317 e. The molecule has 1 aromatic rings. The number of hydrogen-bond acceptors (Lipinski definition) is 3. The summed E-state index contributed by atoms with van der Waals surface area (Å²) in [7, 11) is 0. The molecular weight excluding hydrogens is 330 g/mol. The van der Waals surface area contributed by atoms with Gasteiger partial charge >= 0.3 is 12.0 Å². The molecular formula is C20H31N3O3. The van der Waals surface area contributed by atoms with Crippen molar-refractivity contribution in [3.8, 4) is 0 Å². The summed E-state index contributed by atoms with van der Waals surface area (Å²) in [5.74, 6) is -1.09. The van der Waals surface area contributed by atoms with Crippen molar-refractivity contribution in [2.45, 2.75) is 40.3 Å². The number of hydrogen-bond donors (Lipinski definition) is 2. The maximum absolute atomic E-state index is 12.5. The van der Waals surface area contributed by atoms with Crippen LogP contribution in [0, 0.1) is 11.8 Å². The summed E-state index contributed by atoms with van der Waals surface area (Å²) in [4.78, 5) is 27.7. The SMILES string of the molecule is CCN(CC)Cc1cccc(CNC(=O)N2CC(C)CC(C(=O)O)C2)c1. The molecule has 2 N–H and O–H groups in total. The fourth-order valence-electron chi connectivity index (χ4n) is 3.53. The maximum atomic E-state index is 12.5. The topological polar surface area (TPSA) is 72.9 Å². The Labute approximate surface area is 156 Å². The third kappa shape index (κ3) is 5.73. The molecule has 1 aliphatic heterocycles. The van der Waals surface area contributed by atoms with E-state index in [1.165, 1.54) is 5.56 Å². The van der Waals surface area contributed by atoms with Crippen LogP contribution in [0.2, 0.25) is 0 Å². The Bertz CT molecular complexity index is 616. The highest BCUT2D eigenvalue weighted by molar-refractivity contribution is 5.76. The third-order valence-corrected chi connectivity index (χ3v) is 5.03. The van der Waals surface area contributed by atoms with Crippen LogP contribution < -0.4 is 5.32 Å². The number of carbonyl (C=O) groups excluding carboxylic acids is 1. The molecule has 1 aliphatic rings. The number of carboxylic acids is 1. The average Bonchev–Trinajstić information content (AvgIpc) is 2.63. The summed E-state index contributed by atoms with van der Waals surface area (Å²) in [5.41, 5.74) is 2.29. The van der Waals surface area contributed by atoms with Crippen LogP contribution in [-0.4, -0.2) is 53.1 Å². The molecule has 6 heteroatoms. The van der Waals surface area contributed by atoms with Gasteiger partial charge in [-0.05, 0) is 36.6 Å². The standard InChI is InChI=1S/C20H31N3O3/c1-4-22(5-2)13-17-8-6-7-16(10-17)11-21-20(26)23-12-15(3)9-18(14-23)19(24)25/h6-8,10,15,18H,4-5,9,11-14H2,1-3H3,(H,21,26)(H,24,25). The highest BCUT2D eigenvalue weighted by Crippen LogP contribution is 2.21. The number of urea groups is 1. The van der Waals surface area contributed by atoms with Crippen molar-refractivity contribution in [1.82, 2.24) is 15.1 Å². The minimum absolute atomic E-state index is 0.183. The number of nitrogens with zero attached hydrogens (tertiary/aromatic N) is 2. The van der Waals surface area contributed by atoms with Crippen molar-refractivity contribution in [1.29, 1.82) is 0 Å². The molecule has 0 aromatic heterocycles. The van der Waals surface area contributed by atoms with Crippen LogP contribution in [0.25, 0.3) is 0 Å². The van der Waals surface area contributed by atoms with Gasteiger partial charge in [0.15, 0.2) is 0 Å². The number of nitrogens with one attached hydrogen (secondary N) is 1. The Morgan fingerprint density at radius 3 is 2.58 bits per heavy atom. The molecule has 1 heterocycles. The Kier molecular flexibility index (Phi) is 7.45. The van der Waals surface area contributed by atoms with E-state index in [1.54, 1.807) is 4.90 Å². The Morgan fingerprint density at radius 2 is 1.92 bits per heavy atom. The van der Waals surface area contributed by atoms with Crippen molar-refractivity contribution in [2.24, 2.45) is 11.8 Å². The minimum atomic E-state index is -0.821. The number of aliphatic carboxylic acids is 1. The molecule has 0 bridgehead atoms. The molecule has 26 heavy (non-hydrogen) atoms. The summed E-state index contributed by atoms with van der Waals surface area (Å²) in [5, 5.41) is 12.2. The Hall–Kier alpha value is -2.08. The molecule has 2 rings (SSSR count). The van der Waals surface area contributed by atoms with Crippen molar-refractivity contribution < 1.29 is 14.7 Å². The van der Waals surface area contributed by atoms with Crippen LogP contribution in [0.5, 0.6) is 0 Å². The second kappa shape index (κ2) is 9.57. The predicted octanol–water partition coefficient (Wildman–Crippen LogP) is 2.78. The van der Waals surface area contributed by atoms with Crippen LogP contribution in [0.15, 0.2) is 24.3 Å².